The van der Waals surface area contributed by atoms with Gasteiger partial charge in [-0.2, -0.15) is 0 Å². The Labute approximate surface area is 129 Å². The number of nitrogens with zero attached hydrogens (tertiary/aromatic N) is 1. The normalized spacial score (nSPS) is 12.1. The molecule has 4 nitrogen and oxygen atoms in total. The van der Waals surface area contributed by atoms with Crippen molar-refractivity contribution in [2.24, 2.45) is 0 Å². The van der Waals surface area contributed by atoms with E-state index < -0.39 is 0 Å². The van der Waals surface area contributed by atoms with E-state index in [0.717, 1.165) is 45.0 Å². The molecule has 0 amide bonds. The molecule has 1 heterocycles. The van der Waals surface area contributed by atoms with Crippen LogP contribution < -0.4 is 20.7 Å². The van der Waals surface area contributed by atoms with Crippen LogP contribution in [0.25, 0.3) is 10.8 Å². The van der Waals surface area contributed by atoms with E-state index in [9.17, 15) is 0 Å². The minimum atomic E-state index is 0.725. The first-order valence-corrected chi connectivity index (χ1v) is 7.21. The summed E-state index contributed by atoms with van der Waals surface area (Å²) in [5.41, 5.74) is 9.92. The number of hydrogen-bond donors (Lipinski definition) is 2. The van der Waals surface area contributed by atoms with Crippen molar-refractivity contribution in [2.45, 2.75) is 0 Å². The van der Waals surface area contributed by atoms with E-state index in [4.69, 9.17) is 10.5 Å². The van der Waals surface area contributed by atoms with Crippen LogP contribution in [-0.2, 0) is 0 Å². The fraction of sp³-hybridized carbons (Fsp3) is 0.111. The maximum atomic E-state index is 6.16. The number of nitrogen functional groups attached to an aromatic ring is 1. The second-order valence-electron chi connectivity index (χ2n) is 5.69. The molecule has 0 radical (unpaired) electrons. The van der Waals surface area contributed by atoms with E-state index in [1.165, 1.54) is 0 Å². The van der Waals surface area contributed by atoms with E-state index >= 15 is 0 Å². The van der Waals surface area contributed by atoms with E-state index in [2.05, 4.69) is 17.4 Å². The molecule has 0 bridgehead atoms. The van der Waals surface area contributed by atoms with E-state index in [0.29, 0.717) is 0 Å². The first-order chi connectivity index (χ1) is 10.6. The molecule has 0 fully saturated rings. The Morgan fingerprint density at radius 1 is 0.955 bits per heavy atom. The minimum absolute atomic E-state index is 0.725. The van der Waals surface area contributed by atoms with E-state index in [1.807, 2.05) is 55.4 Å². The number of ether oxygens (including phenoxy) is 1. The molecule has 3 aromatic rings. The molecule has 0 unspecified atom stereocenters. The first-order valence-electron chi connectivity index (χ1n) is 7.21. The highest BCUT2D eigenvalue weighted by molar-refractivity contribution is 6.06. The maximum Gasteiger partial charge on any atom is 0.153 e. The molecule has 0 aromatic heterocycles. The molecule has 1 aliphatic heterocycles. The summed E-state index contributed by atoms with van der Waals surface area (Å²) in [6.07, 6.45) is 0. The smallest absolute Gasteiger partial charge is 0.153 e. The van der Waals surface area contributed by atoms with Gasteiger partial charge < -0.3 is 20.7 Å². The van der Waals surface area contributed by atoms with Crippen LogP contribution in [0, 0.1) is 0 Å². The van der Waals surface area contributed by atoms with Gasteiger partial charge in [0, 0.05) is 48.4 Å². The van der Waals surface area contributed by atoms with E-state index in [-0.39, 0.29) is 0 Å². The van der Waals surface area contributed by atoms with Gasteiger partial charge in [-0.25, -0.2) is 0 Å². The summed E-state index contributed by atoms with van der Waals surface area (Å²) >= 11 is 0. The Balaban J connectivity index is 1.89. The van der Waals surface area contributed by atoms with Gasteiger partial charge in [-0.1, -0.05) is 24.3 Å². The summed E-state index contributed by atoms with van der Waals surface area (Å²) < 4.78 is 6.09. The van der Waals surface area contributed by atoms with Crippen molar-refractivity contribution in [1.29, 1.82) is 0 Å². The minimum Gasteiger partial charge on any atom is -0.453 e. The predicted octanol–water partition coefficient (Wildman–Crippen LogP) is 4.34. The number of benzene rings is 3. The van der Waals surface area contributed by atoms with Crippen LogP contribution in [0.2, 0.25) is 0 Å². The summed E-state index contributed by atoms with van der Waals surface area (Å²) in [5.74, 6) is 1.58. The van der Waals surface area contributed by atoms with Gasteiger partial charge in [-0.15, -0.1) is 0 Å². The first kappa shape index (κ1) is 12.8. The van der Waals surface area contributed by atoms with Crippen molar-refractivity contribution in [1.82, 2.24) is 0 Å². The molecule has 22 heavy (non-hydrogen) atoms. The Kier molecular flexibility index (Phi) is 2.66. The van der Waals surface area contributed by atoms with Crippen LogP contribution in [0.4, 0.5) is 22.7 Å². The molecular weight excluding hydrogens is 274 g/mol. The lowest BCUT2D eigenvalue weighted by Gasteiger charge is -2.25. The van der Waals surface area contributed by atoms with Gasteiger partial charge in [0.05, 0.1) is 11.4 Å². The third-order valence-corrected chi connectivity index (χ3v) is 4.00. The topological polar surface area (TPSA) is 50.5 Å². The summed E-state index contributed by atoms with van der Waals surface area (Å²) in [5, 5.41) is 5.58. The zero-order valence-corrected chi connectivity index (χ0v) is 12.6. The molecule has 0 atom stereocenters. The summed E-state index contributed by atoms with van der Waals surface area (Å²) in [4.78, 5) is 2.05. The SMILES string of the molecule is CN(C)c1ccc2c(c1)Oc1cc(N)c3ccccc3c1N2. The van der Waals surface area contributed by atoms with Crippen molar-refractivity contribution >= 4 is 33.5 Å². The monoisotopic (exact) mass is 291 g/mol. The van der Waals surface area contributed by atoms with Crippen molar-refractivity contribution in [3.63, 3.8) is 0 Å². The Hall–Kier alpha value is -2.88. The van der Waals surface area contributed by atoms with Crippen molar-refractivity contribution in [2.75, 3.05) is 30.0 Å². The van der Waals surface area contributed by atoms with Gasteiger partial charge in [0.1, 0.15) is 0 Å². The Morgan fingerprint density at radius 3 is 2.50 bits per heavy atom. The molecule has 1 aliphatic rings. The third kappa shape index (κ3) is 1.84. The Morgan fingerprint density at radius 2 is 1.73 bits per heavy atom. The van der Waals surface area contributed by atoms with Gasteiger partial charge in [-0.3, -0.25) is 0 Å². The van der Waals surface area contributed by atoms with Gasteiger partial charge in [0.25, 0.3) is 0 Å². The maximum absolute atomic E-state index is 6.16. The van der Waals surface area contributed by atoms with Crippen molar-refractivity contribution < 1.29 is 4.74 Å². The predicted molar refractivity (Wildman–Crippen MR) is 92.5 cm³/mol. The number of anilines is 4. The number of hydrogen-bond acceptors (Lipinski definition) is 4. The second kappa shape index (κ2) is 4.56. The zero-order chi connectivity index (χ0) is 15.3. The molecule has 110 valence electrons. The lowest BCUT2D eigenvalue weighted by Crippen LogP contribution is -2.10. The molecule has 3 N–H and O–H groups in total. The largest absolute Gasteiger partial charge is 0.453 e. The summed E-state index contributed by atoms with van der Waals surface area (Å²) in [7, 11) is 4.02. The molecule has 0 aliphatic carbocycles. The second-order valence-corrected chi connectivity index (χ2v) is 5.69. The van der Waals surface area contributed by atoms with Crippen LogP contribution in [0.5, 0.6) is 11.5 Å². The fourth-order valence-corrected chi connectivity index (χ4v) is 2.82. The fourth-order valence-electron chi connectivity index (χ4n) is 2.82. The zero-order valence-electron chi connectivity index (χ0n) is 12.6. The number of nitrogens with two attached hydrogens (primary N) is 1. The molecule has 3 aromatic carbocycles. The highest BCUT2D eigenvalue weighted by Crippen LogP contribution is 2.47. The van der Waals surface area contributed by atoms with E-state index in [1.54, 1.807) is 0 Å². The van der Waals surface area contributed by atoms with Crippen LogP contribution in [-0.4, -0.2) is 14.1 Å². The van der Waals surface area contributed by atoms with Gasteiger partial charge in [-0.05, 0) is 12.1 Å². The molecule has 0 saturated heterocycles. The van der Waals surface area contributed by atoms with Gasteiger partial charge in [0.2, 0.25) is 0 Å². The van der Waals surface area contributed by atoms with Crippen LogP contribution >= 0.6 is 0 Å². The van der Waals surface area contributed by atoms with Gasteiger partial charge in [0.15, 0.2) is 11.5 Å². The quantitative estimate of drug-likeness (QED) is 0.512. The molecule has 0 spiro atoms. The average molecular weight is 291 g/mol. The van der Waals surface area contributed by atoms with Crippen LogP contribution in [0.15, 0.2) is 48.5 Å². The molecule has 4 rings (SSSR count). The molecule has 4 heteroatoms. The summed E-state index contributed by atoms with van der Waals surface area (Å²) in [6, 6.07) is 16.1. The van der Waals surface area contributed by atoms with Crippen molar-refractivity contribution in [3.05, 3.63) is 48.5 Å². The lowest BCUT2D eigenvalue weighted by molar-refractivity contribution is 0.482. The summed E-state index contributed by atoms with van der Waals surface area (Å²) in [6.45, 7) is 0. The lowest BCUT2D eigenvalue weighted by atomic mass is 10.0. The number of nitrogens with one attached hydrogen (secondary N) is 1. The number of rotatable bonds is 1. The van der Waals surface area contributed by atoms with Crippen molar-refractivity contribution in [3.8, 4) is 11.5 Å². The van der Waals surface area contributed by atoms with Crippen LogP contribution in [0.1, 0.15) is 0 Å². The van der Waals surface area contributed by atoms with Gasteiger partial charge >= 0.3 is 0 Å². The standard InChI is InChI=1S/C18H17N3O/c1-21(2)11-7-8-15-16(9-11)22-17-10-14(19)12-5-3-4-6-13(12)18(17)20-15/h3-10,20H,19H2,1-2H3. The number of fused-ring (bicyclic) bond motifs is 4. The molecular formula is C18H17N3O. The Bertz CT molecular complexity index is 887. The highest BCUT2D eigenvalue weighted by atomic mass is 16.5. The highest BCUT2D eigenvalue weighted by Gasteiger charge is 2.20. The third-order valence-electron chi connectivity index (χ3n) is 4.00. The molecule has 0 saturated carbocycles. The van der Waals surface area contributed by atoms with Crippen LogP contribution in [0.3, 0.4) is 0 Å². The average Bonchev–Trinajstić information content (AvgIpc) is 2.53.